The first-order valence-corrected chi connectivity index (χ1v) is 11.4. The summed E-state index contributed by atoms with van der Waals surface area (Å²) in [6, 6.07) is 15.5. The van der Waals surface area contributed by atoms with Gasteiger partial charge in [0, 0.05) is 35.4 Å². The van der Waals surface area contributed by atoms with Crippen LogP contribution in [0, 0.1) is 10.5 Å². The van der Waals surface area contributed by atoms with E-state index in [9.17, 15) is 13.2 Å². The summed E-state index contributed by atoms with van der Waals surface area (Å²) in [4.78, 5) is 14.4. The van der Waals surface area contributed by atoms with Crippen molar-refractivity contribution in [3.8, 4) is 0 Å². The molecule has 3 rings (SSSR count). The van der Waals surface area contributed by atoms with Gasteiger partial charge in [-0.15, -0.1) is 0 Å². The topological polar surface area (TPSA) is 69.7 Å². The Bertz CT molecular complexity index is 925. The average molecular weight is 499 g/mol. The number of benzene rings is 2. The van der Waals surface area contributed by atoms with Crippen LogP contribution in [0.5, 0.6) is 0 Å². The number of carbonyl (C=O) groups excluding carboxylic acids is 1. The number of halogens is 1. The zero-order valence-electron chi connectivity index (χ0n) is 15.1. The number of hydrogen-bond acceptors (Lipinski definition) is 4. The molecule has 1 saturated heterocycles. The lowest BCUT2D eigenvalue weighted by Gasteiger charge is -2.35. The molecule has 8 heteroatoms. The molecule has 0 aliphatic carbocycles. The Morgan fingerprint density at radius 1 is 1.07 bits per heavy atom. The zero-order valence-corrected chi connectivity index (χ0v) is 18.0. The highest BCUT2D eigenvalue weighted by Crippen LogP contribution is 2.20. The summed E-state index contributed by atoms with van der Waals surface area (Å²) in [5.41, 5.74) is 2.90. The average Bonchev–Trinajstić information content (AvgIpc) is 2.63. The molecule has 0 saturated carbocycles. The van der Waals surface area contributed by atoms with E-state index in [-0.39, 0.29) is 0 Å². The van der Waals surface area contributed by atoms with E-state index in [1.165, 1.54) is 9.87 Å². The van der Waals surface area contributed by atoms with Crippen LogP contribution in [0.2, 0.25) is 0 Å². The third-order valence-electron chi connectivity index (χ3n) is 4.46. The molecule has 1 N–H and O–H groups in total. The SMILES string of the molecule is Cc1cccc(N2CCN(S(=O)(=O)CC(=O)Nc3ccccc3I)CC2)c1. The molecule has 1 heterocycles. The highest BCUT2D eigenvalue weighted by molar-refractivity contribution is 14.1. The standard InChI is InChI=1S/C19H22IN3O3S/c1-15-5-4-6-16(13-15)22-9-11-23(12-10-22)27(25,26)14-19(24)21-18-8-3-2-7-17(18)20/h2-8,13H,9-12,14H2,1H3,(H,21,24). The van der Waals surface area contributed by atoms with Gasteiger partial charge in [-0.1, -0.05) is 24.3 Å². The molecule has 1 amide bonds. The fraction of sp³-hybridized carbons (Fsp3) is 0.316. The molecular weight excluding hydrogens is 477 g/mol. The third-order valence-corrected chi connectivity index (χ3v) is 7.18. The van der Waals surface area contributed by atoms with E-state index in [2.05, 4.69) is 38.9 Å². The van der Waals surface area contributed by atoms with Crippen molar-refractivity contribution >= 4 is 49.9 Å². The Kier molecular flexibility index (Phi) is 6.38. The predicted octanol–water partition coefficient (Wildman–Crippen LogP) is 2.69. The number of carbonyl (C=O) groups is 1. The predicted molar refractivity (Wildman–Crippen MR) is 117 cm³/mol. The summed E-state index contributed by atoms with van der Waals surface area (Å²) in [6.45, 7) is 4.03. The number of aryl methyl sites for hydroxylation is 1. The van der Waals surface area contributed by atoms with Crippen molar-refractivity contribution in [3.05, 3.63) is 57.7 Å². The molecule has 27 heavy (non-hydrogen) atoms. The van der Waals surface area contributed by atoms with Crippen LogP contribution in [-0.2, 0) is 14.8 Å². The lowest BCUT2D eigenvalue weighted by molar-refractivity contribution is -0.113. The van der Waals surface area contributed by atoms with Gasteiger partial charge < -0.3 is 10.2 Å². The lowest BCUT2D eigenvalue weighted by Crippen LogP contribution is -2.50. The molecule has 144 valence electrons. The minimum absolute atomic E-state index is 0.381. The van der Waals surface area contributed by atoms with Crippen LogP contribution < -0.4 is 10.2 Å². The molecule has 0 bridgehead atoms. The molecule has 6 nitrogen and oxygen atoms in total. The highest BCUT2D eigenvalue weighted by atomic mass is 127. The zero-order chi connectivity index (χ0) is 19.4. The quantitative estimate of drug-likeness (QED) is 0.643. The summed E-state index contributed by atoms with van der Waals surface area (Å²) in [7, 11) is -3.64. The van der Waals surface area contributed by atoms with E-state index >= 15 is 0 Å². The van der Waals surface area contributed by atoms with Gasteiger partial charge in [0.15, 0.2) is 0 Å². The van der Waals surface area contributed by atoms with Gasteiger partial charge in [0.25, 0.3) is 0 Å². The number of amides is 1. The Morgan fingerprint density at radius 3 is 2.44 bits per heavy atom. The van der Waals surface area contributed by atoms with Crippen molar-refractivity contribution in [3.63, 3.8) is 0 Å². The van der Waals surface area contributed by atoms with Crippen LogP contribution in [-0.4, -0.2) is 50.6 Å². The van der Waals surface area contributed by atoms with Crippen molar-refractivity contribution in [2.24, 2.45) is 0 Å². The molecular formula is C19H22IN3O3S. The first-order valence-electron chi connectivity index (χ1n) is 8.69. The molecule has 2 aromatic carbocycles. The van der Waals surface area contributed by atoms with Gasteiger partial charge in [-0.05, 0) is 59.3 Å². The lowest BCUT2D eigenvalue weighted by atomic mass is 10.2. The molecule has 0 aromatic heterocycles. The maximum absolute atomic E-state index is 12.6. The molecule has 0 unspecified atom stereocenters. The third kappa shape index (κ3) is 5.20. The number of sulfonamides is 1. The monoisotopic (exact) mass is 499 g/mol. The second-order valence-corrected chi connectivity index (χ2v) is 9.64. The van der Waals surface area contributed by atoms with Crippen molar-refractivity contribution in [2.75, 3.05) is 42.1 Å². The van der Waals surface area contributed by atoms with E-state index in [0.29, 0.717) is 31.9 Å². The van der Waals surface area contributed by atoms with Gasteiger partial charge in [0.1, 0.15) is 5.75 Å². The van der Waals surface area contributed by atoms with E-state index in [1.54, 1.807) is 12.1 Å². The Hall–Kier alpha value is -1.65. The maximum atomic E-state index is 12.6. The molecule has 0 spiro atoms. The van der Waals surface area contributed by atoms with Crippen molar-refractivity contribution in [1.82, 2.24) is 4.31 Å². The van der Waals surface area contributed by atoms with Gasteiger partial charge in [-0.2, -0.15) is 4.31 Å². The molecule has 1 fully saturated rings. The van der Waals surface area contributed by atoms with Crippen LogP contribution in [0.15, 0.2) is 48.5 Å². The summed E-state index contributed by atoms with van der Waals surface area (Å²) < 4.78 is 27.5. The van der Waals surface area contributed by atoms with E-state index in [4.69, 9.17) is 0 Å². The first-order chi connectivity index (χ1) is 12.8. The van der Waals surface area contributed by atoms with Crippen LogP contribution in [0.25, 0.3) is 0 Å². The van der Waals surface area contributed by atoms with Crippen molar-refractivity contribution < 1.29 is 13.2 Å². The van der Waals surface area contributed by atoms with Crippen LogP contribution in [0.4, 0.5) is 11.4 Å². The van der Waals surface area contributed by atoms with Crippen LogP contribution >= 0.6 is 22.6 Å². The van der Waals surface area contributed by atoms with Gasteiger partial charge in [-0.3, -0.25) is 4.79 Å². The van der Waals surface area contributed by atoms with E-state index in [1.807, 2.05) is 37.3 Å². The second kappa shape index (κ2) is 8.57. The molecule has 1 aliphatic heterocycles. The number of nitrogens with one attached hydrogen (secondary N) is 1. The van der Waals surface area contributed by atoms with Crippen LogP contribution in [0.3, 0.4) is 0 Å². The largest absolute Gasteiger partial charge is 0.369 e. The normalized spacial score (nSPS) is 15.6. The minimum Gasteiger partial charge on any atom is -0.369 e. The van der Waals surface area contributed by atoms with Gasteiger partial charge in [0.2, 0.25) is 15.9 Å². The number of anilines is 2. The number of piperazine rings is 1. The molecule has 1 aliphatic rings. The molecule has 0 atom stereocenters. The minimum atomic E-state index is -3.64. The number of para-hydroxylation sites is 1. The van der Waals surface area contributed by atoms with Gasteiger partial charge in [0.05, 0.1) is 5.69 Å². The molecule has 0 radical (unpaired) electrons. The first kappa shape index (κ1) is 20.1. The number of rotatable bonds is 5. The Labute approximate surface area is 173 Å². The summed E-state index contributed by atoms with van der Waals surface area (Å²) in [6.07, 6.45) is 0. The summed E-state index contributed by atoms with van der Waals surface area (Å²) >= 11 is 2.10. The van der Waals surface area contributed by atoms with Crippen molar-refractivity contribution in [1.29, 1.82) is 0 Å². The van der Waals surface area contributed by atoms with Gasteiger partial charge in [-0.25, -0.2) is 8.42 Å². The summed E-state index contributed by atoms with van der Waals surface area (Å²) in [5.74, 6) is -1.05. The number of nitrogens with zero attached hydrogens (tertiary/aromatic N) is 2. The Morgan fingerprint density at radius 2 is 1.78 bits per heavy atom. The summed E-state index contributed by atoms with van der Waals surface area (Å²) in [5, 5.41) is 2.68. The van der Waals surface area contributed by atoms with E-state index < -0.39 is 21.7 Å². The maximum Gasteiger partial charge on any atom is 0.241 e. The van der Waals surface area contributed by atoms with Gasteiger partial charge >= 0.3 is 0 Å². The van der Waals surface area contributed by atoms with Crippen LogP contribution in [0.1, 0.15) is 5.56 Å². The second-order valence-electron chi connectivity index (χ2n) is 6.51. The number of hydrogen-bond donors (Lipinski definition) is 1. The fourth-order valence-electron chi connectivity index (χ4n) is 3.05. The molecule has 2 aromatic rings. The highest BCUT2D eigenvalue weighted by Gasteiger charge is 2.29. The van der Waals surface area contributed by atoms with Crippen molar-refractivity contribution in [2.45, 2.75) is 6.92 Å². The fourth-order valence-corrected chi connectivity index (χ4v) is 4.88. The Balaban J connectivity index is 1.58. The van der Waals surface area contributed by atoms with E-state index in [0.717, 1.165) is 9.26 Å². The smallest absolute Gasteiger partial charge is 0.241 e.